The number of benzene rings is 2. The van der Waals surface area contributed by atoms with Crippen LogP contribution in [0.2, 0.25) is 0 Å². The minimum absolute atomic E-state index is 0.0952. The van der Waals surface area contributed by atoms with Crippen LogP contribution in [0.5, 0.6) is 0 Å². The second-order valence-corrected chi connectivity index (χ2v) is 4.20. The van der Waals surface area contributed by atoms with Crippen LogP contribution in [-0.4, -0.2) is 5.78 Å². The van der Waals surface area contributed by atoms with Gasteiger partial charge >= 0.3 is 0 Å². The van der Waals surface area contributed by atoms with E-state index in [2.05, 4.69) is 0 Å². The summed E-state index contributed by atoms with van der Waals surface area (Å²) >= 11 is 0. The molecule has 88 valence electrons. The second-order valence-electron chi connectivity index (χ2n) is 4.20. The van der Waals surface area contributed by atoms with E-state index in [9.17, 15) is 9.59 Å². The fraction of sp³-hybridized carbons (Fsp3) is 0.0667. The highest BCUT2D eigenvalue weighted by molar-refractivity contribution is 6.05. The lowest BCUT2D eigenvalue weighted by atomic mass is 10.1. The first-order valence-corrected chi connectivity index (χ1v) is 5.62. The minimum Gasteiger partial charge on any atom is -0.463 e. The lowest BCUT2D eigenvalue weighted by Crippen LogP contribution is -2.12. The van der Waals surface area contributed by atoms with Crippen molar-refractivity contribution < 1.29 is 9.21 Å². The van der Waals surface area contributed by atoms with Crippen LogP contribution in [0.15, 0.2) is 51.9 Å². The summed E-state index contributed by atoms with van der Waals surface area (Å²) in [5, 5.41) is 2.33. The van der Waals surface area contributed by atoms with E-state index in [1.54, 1.807) is 6.07 Å². The molecule has 0 saturated carbocycles. The molecular weight excluding hydrogens is 228 g/mol. The SMILES string of the molecule is CC(=O)c1coc2c(ccc3ccccc32)c1=O. The van der Waals surface area contributed by atoms with Crippen LogP contribution in [0.3, 0.4) is 0 Å². The molecule has 0 aliphatic rings. The van der Waals surface area contributed by atoms with Crippen LogP contribution >= 0.6 is 0 Å². The Balaban J connectivity index is 2.52. The monoisotopic (exact) mass is 238 g/mol. The van der Waals surface area contributed by atoms with Gasteiger partial charge in [0.1, 0.15) is 17.4 Å². The Labute approximate surface area is 103 Å². The molecule has 3 aromatic rings. The Bertz CT molecular complexity index is 828. The molecular formula is C15H10O3. The van der Waals surface area contributed by atoms with Crippen molar-refractivity contribution >= 4 is 27.5 Å². The molecule has 0 amide bonds. The molecule has 0 aliphatic carbocycles. The normalized spacial score (nSPS) is 10.9. The molecule has 0 fully saturated rings. The Hall–Kier alpha value is -2.42. The zero-order valence-corrected chi connectivity index (χ0v) is 9.77. The lowest BCUT2D eigenvalue weighted by molar-refractivity contribution is 0.101. The van der Waals surface area contributed by atoms with Crippen molar-refractivity contribution in [1.29, 1.82) is 0 Å². The first kappa shape index (κ1) is 10.7. The van der Waals surface area contributed by atoms with E-state index < -0.39 is 0 Å². The van der Waals surface area contributed by atoms with Gasteiger partial charge < -0.3 is 4.42 Å². The van der Waals surface area contributed by atoms with Crippen molar-refractivity contribution in [2.45, 2.75) is 6.92 Å². The van der Waals surface area contributed by atoms with Crippen LogP contribution in [0.25, 0.3) is 21.7 Å². The zero-order chi connectivity index (χ0) is 12.7. The summed E-state index contributed by atoms with van der Waals surface area (Å²) in [5.41, 5.74) is 0.357. The van der Waals surface area contributed by atoms with Crippen molar-refractivity contribution in [2.75, 3.05) is 0 Å². The van der Waals surface area contributed by atoms with Gasteiger partial charge in [-0.15, -0.1) is 0 Å². The largest absolute Gasteiger partial charge is 0.463 e. The molecule has 0 aliphatic heterocycles. The predicted molar refractivity (Wildman–Crippen MR) is 70.0 cm³/mol. The van der Waals surface area contributed by atoms with E-state index in [0.717, 1.165) is 10.8 Å². The first-order valence-electron chi connectivity index (χ1n) is 5.62. The van der Waals surface area contributed by atoms with E-state index in [0.29, 0.717) is 11.0 Å². The quantitative estimate of drug-likeness (QED) is 0.483. The predicted octanol–water partition coefficient (Wildman–Crippen LogP) is 3.15. The summed E-state index contributed by atoms with van der Waals surface area (Å²) in [6, 6.07) is 11.2. The fourth-order valence-electron chi connectivity index (χ4n) is 2.11. The van der Waals surface area contributed by atoms with Gasteiger partial charge in [-0.2, -0.15) is 0 Å². The highest BCUT2D eigenvalue weighted by Crippen LogP contribution is 2.23. The second kappa shape index (κ2) is 3.81. The number of fused-ring (bicyclic) bond motifs is 3. The lowest BCUT2D eigenvalue weighted by Gasteiger charge is -2.03. The van der Waals surface area contributed by atoms with Crippen LogP contribution < -0.4 is 5.43 Å². The van der Waals surface area contributed by atoms with Gasteiger partial charge in [0.15, 0.2) is 5.78 Å². The number of ketones is 1. The van der Waals surface area contributed by atoms with Gasteiger partial charge in [-0.05, 0) is 18.4 Å². The highest BCUT2D eigenvalue weighted by Gasteiger charge is 2.12. The molecule has 18 heavy (non-hydrogen) atoms. The smallest absolute Gasteiger partial charge is 0.203 e. The Morgan fingerprint density at radius 3 is 2.61 bits per heavy atom. The molecule has 0 bridgehead atoms. The van der Waals surface area contributed by atoms with Crippen LogP contribution in [-0.2, 0) is 0 Å². The number of carbonyl (C=O) groups excluding carboxylic acids is 1. The van der Waals surface area contributed by atoms with Gasteiger partial charge in [-0.3, -0.25) is 9.59 Å². The molecule has 1 aromatic heterocycles. The summed E-state index contributed by atoms with van der Waals surface area (Å²) in [4.78, 5) is 23.4. The van der Waals surface area contributed by atoms with E-state index in [-0.39, 0.29) is 16.8 Å². The third kappa shape index (κ3) is 1.44. The van der Waals surface area contributed by atoms with Crippen LogP contribution in [0.4, 0.5) is 0 Å². The molecule has 1 heterocycles. The molecule has 0 radical (unpaired) electrons. The molecule has 0 N–H and O–H groups in total. The van der Waals surface area contributed by atoms with Crippen molar-refractivity contribution in [2.24, 2.45) is 0 Å². The average molecular weight is 238 g/mol. The molecule has 0 spiro atoms. The van der Waals surface area contributed by atoms with E-state index >= 15 is 0 Å². The van der Waals surface area contributed by atoms with Gasteiger partial charge in [0.25, 0.3) is 0 Å². The number of hydrogen-bond donors (Lipinski definition) is 0. The van der Waals surface area contributed by atoms with Crippen LogP contribution in [0, 0.1) is 0 Å². The summed E-state index contributed by atoms with van der Waals surface area (Å²) in [6.45, 7) is 1.36. The Morgan fingerprint density at radius 2 is 1.83 bits per heavy atom. The van der Waals surface area contributed by atoms with E-state index in [1.807, 2.05) is 30.3 Å². The summed E-state index contributed by atoms with van der Waals surface area (Å²) in [7, 11) is 0. The summed E-state index contributed by atoms with van der Waals surface area (Å²) < 4.78 is 5.48. The first-order chi connectivity index (χ1) is 8.68. The standard InChI is InChI=1S/C15H10O3/c1-9(16)13-8-18-15-11-5-3-2-4-10(11)6-7-12(15)14(13)17/h2-8H,1H3. The third-order valence-electron chi connectivity index (χ3n) is 3.04. The minimum atomic E-state index is -0.279. The maximum atomic E-state index is 12.1. The van der Waals surface area contributed by atoms with Crippen molar-refractivity contribution in [3.8, 4) is 0 Å². The van der Waals surface area contributed by atoms with Gasteiger partial charge in [0, 0.05) is 5.39 Å². The maximum Gasteiger partial charge on any atom is 0.203 e. The highest BCUT2D eigenvalue weighted by atomic mass is 16.3. The average Bonchev–Trinajstić information content (AvgIpc) is 2.38. The summed E-state index contributed by atoms with van der Waals surface area (Å²) in [5.74, 6) is -0.279. The molecule has 3 heteroatoms. The maximum absolute atomic E-state index is 12.1. The van der Waals surface area contributed by atoms with E-state index in [4.69, 9.17) is 4.42 Å². The van der Waals surface area contributed by atoms with Crippen molar-refractivity contribution in [1.82, 2.24) is 0 Å². The van der Waals surface area contributed by atoms with Crippen molar-refractivity contribution in [3.63, 3.8) is 0 Å². The third-order valence-corrected chi connectivity index (χ3v) is 3.04. The zero-order valence-electron chi connectivity index (χ0n) is 9.77. The van der Waals surface area contributed by atoms with Gasteiger partial charge in [0.05, 0.1) is 5.39 Å². The Kier molecular flexibility index (Phi) is 2.27. The number of rotatable bonds is 1. The molecule has 2 aromatic carbocycles. The molecule has 0 atom stereocenters. The molecule has 0 saturated heterocycles. The van der Waals surface area contributed by atoms with Crippen molar-refractivity contribution in [3.05, 3.63) is 58.4 Å². The number of Topliss-reactive ketones (excluding diaryl/α,β-unsaturated/α-hetero) is 1. The molecule has 0 unspecified atom stereocenters. The summed E-state index contributed by atoms with van der Waals surface area (Å²) in [6.07, 6.45) is 1.25. The van der Waals surface area contributed by atoms with Gasteiger partial charge in [-0.1, -0.05) is 30.3 Å². The van der Waals surface area contributed by atoms with Crippen LogP contribution in [0.1, 0.15) is 17.3 Å². The van der Waals surface area contributed by atoms with E-state index in [1.165, 1.54) is 13.2 Å². The number of carbonyl (C=O) groups is 1. The fourth-order valence-corrected chi connectivity index (χ4v) is 2.11. The molecule has 3 rings (SSSR count). The van der Waals surface area contributed by atoms with Gasteiger partial charge in [0.2, 0.25) is 5.43 Å². The Morgan fingerprint density at radius 1 is 1.06 bits per heavy atom. The number of hydrogen-bond acceptors (Lipinski definition) is 3. The molecule has 3 nitrogen and oxygen atoms in total. The topological polar surface area (TPSA) is 47.3 Å². The van der Waals surface area contributed by atoms with Gasteiger partial charge in [-0.25, -0.2) is 0 Å².